The molecule has 0 spiro atoms. The summed E-state index contributed by atoms with van der Waals surface area (Å²) in [4.78, 5) is 24.6. The lowest BCUT2D eigenvalue weighted by atomic mass is 10.2. The molecule has 1 aliphatic rings. The summed E-state index contributed by atoms with van der Waals surface area (Å²) in [7, 11) is 2.75. The number of ether oxygens (including phenoxy) is 1. The molecule has 5 nitrogen and oxygen atoms in total. The van der Waals surface area contributed by atoms with E-state index in [2.05, 4.69) is 0 Å². The van der Waals surface area contributed by atoms with Gasteiger partial charge in [-0.15, -0.1) is 0 Å². The molecule has 3 rings (SSSR count). The van der Waals surface area contributed by atoms with Crippen molar-refractivity contribution in [1.82, 2.24) is 4.90 Å². The Morgan fingerprint density at radius 1 is 1.12 bits per heavy atom. The molecule has 1 heterocycles. The summed E-state index contributed by atoms with van der Waals surface area (Å²) in [5.41, 5.74) is 1.02. The van der Waals surface area contributed by atoms with Gasteiger partial charge in [0.2, 0.25) is 5.91 Å². The fourth-order valence-corrected chi connectivity index (χ4v) is 5.06. The van der Waals surface area contributed by atoms with Gasteiger partial charge in [0.25, 0.3) is 0 Å². The molecule has 0 saturated carbocycles. The van der Waals surface area contributed by atoms with E-state index in [9.17, 15) is 9.59 Å². The third-order valence-electron chi connectivity index (χ3n) is 3.89. The highest BCUT2D eigenvalue weighted by Crippen LogP contribution is 2.37. The van der Waals surface area contributed by atoms with Gasteiger partial charge in [0.1, 0.15) is 17.3 Å². The van der Waals surface area contributed by atoms with Crippen molar-refractivity contribution in [3.05, 3.63) is 60.2 Å². The molecule has 1 amide bonds. The standard InChI is InChI=1S/C19H19NO4S2/c21-17-10-11-18(26-25-13-19(22)23)20(17)12-14-6-8-16(9-7-14)24-15-4-2-1-3-5-15/h1-9,18H,10-13H2,(H,22,23). The zero-order chi connectivity index (χ0) is 18.4. The second-order valence-electron chi connectivity index (χ2n) is 5.83. The van der Waals surface area contributed by atoms with Crippen molar-refractivity contribution in [1.29, 1.82) is 0 Å². The number of para-hydroxylation sites is 1. The third kappa shape index (κ3) is 5.19. The molecule has 1 atom stereocenters. The number of amides is 1. The first kappa shape index (κ1) is 18.7. The largest absolute Gasteiger partial charge is 0.481 e. The number of benzene rings is 2. The molecule has 0 bridgehead atoms. The number of carboxylic acid groups (broad SMARTS) is 1. The number of hydrogen-bond donors (Lipinski definition) is 1. The van der Waals surface area contributed by atoms with E-state index in [1.807, 2.05) is 59.5 Å². The third-order valence-corrected chi connectivity index (χ3v) is 6.53. The van der Waals surface area contributed by atoms with Gasteiger partial charge in [-0.05, 0) is 36.2 Å². The summed E-state index contributed by atoms with van der Waals surface area (Å²) in [5, 5.41) is 8.77. The van der Waals surface area contributed by atoms with Gasteiger partial charge < -0.3 is 14.7 Å². The van der Waals surface area contributed by atoms with Gasteiger partial charge >= 0.3 is 5.97 Å². The molecule has 1 saturated heterocycles. The van der Waals surface area contributed by atoms with E-state index in [1.54, 1.807) is 0 Å². The minimum atomic E-state index is -0.840. The van der Waals surface area contributed by atoms with Crippen LogP contribution < -0.4 is 4.74 Å². The minimum Gasteiger partial charge on any atom is -0.481 e. The number of rotatable bonds is 8. The number of carboxylic acids is 1. The molecule has 0 radical (unpaired) electrons. The molecule has 26 heavy (non-hydrogen) atoms. The lowest BCUT2D eigenvalue weighted by Gasteiger charge is -2.23. The summed E-state index contributed by atoms with van der Waals surface area (Å²) < 4.78 is 5.78. The topological polar surface area (TPSA) is 66.8 Å². The van der Waals surface area contributed by atoms with E-state index >= 15 is 0 Å². The Bertz CT molecular complexity index is 752. The lowest BCUT2D eigenvalue weighted by molar-refractivity contribution is -0.134. The second-order valence-corrected chi connectivity index (χ2v) is 8.37. The number of aliphatic carboxylic acids is 1. The number of hydrogen-bond acceptors (Lipinski definition) is 5. The van der Waals surface area contributed by atoms with Crippen LogP contribution in [-0.4, -0.2) is 33.0 Å². The second kappa shape index (κ2) is 9.00. The van der Waals surface area contributed by atoms with Crippen LogP contribution in [0.15, 0.2) is 54.6 Å². The molecule has 1 N–H and O–H groups in total. The highest BCUT2D eigenvalue weighted by Gasteiger charge is 2.31. The van der Waals surface area contributed by atoms with Gasteiger partial charge in [-0.25, -0.2) is 0 Å². The quantitative estimate of drug-likeness (QED) is 0.675. The van der Waals surface area contributed by atoms with Crippen LogP contribution in [0.2, 0.25) is 0 Å². The van der Waals surface area contributed by atoms with E-state index in [1.165, 1.54) is 21.6 Å². The van der Waals surface area contributed by atoms with Crippen molar-refractivity contribution in [2.45, 2.75) is 24.8 Å². The Labute approximate surface area is 160 Å². The van der Waals surface area contributed by atoms with E-state index in [0.717, 1.165) is 23.5 Å². The van der Waals surface area contributed by atoms with Crippen LogP contribution in [0.5, 0.6) is 11.5 Å². The van der Waals surface area contributed by atoms with Gasteiger partial charge in [0.15, 0.2) is 0 Å². The molecule has 0 aromatic heterocycles. The van der Waals surface area contributed by atoms with Crippen molar-refractivity contribution in [2.75, 3.05) is 5.75 Å². The van der Waals surface area contributed by atoms with Crippen LogP contribution in [0.1, 0.15) is 18.4 Å². The molecular weight excluding hydrogens is 370 g/mol. The molecule has 2 aromatic rings. The molecule has 1 aliphatic heterocycles. The normalized spacial score (nSPS) is 16.7. The fourth-order valence-electron chi connectivity index (χ4n) is 2.64. The number of likely N-dealkylation sites (tertiary alicyclic amines) is 1. The van der Waals surface area contributed by atoms with Crippen molar-refractivity contribution < 1.29 is 19.4 Å². The molecular formula is C19H19NO4S2. The zero-order valence-electron chi connectivity index (χ0n) is 14.0. The van der Waals surface area contributed by atoms with E-state index in [0.29, 0.717) is 13.0 Å². The molecule has 1 fully saturated rings. The number of carbonyl (C=O) groups is 2. The first-order valence-electron chi connectivity index (χ1n) is 8.23. The highest BCUT2D eigenvalue weighted by atomic mass is 33.1. The first-order valence-corrected chi connectivity index (χ1v) is 10.6. The summed E-state index contributed by atoms with van der Waals surface area (Å²) >= 11 is 0. The lowest BCUT2D eigenvalue weighted by Crippen LogP contribution is -2.30. The molecule has 2 aromatic carbocycles. The Morgan fingerprint density at radius 2 is 1.81 bits per heavy atom. The van der Waals surface area contributed by atoms with Crippen LogP contribution >= 0.6 is 21.6 Å². The maximum Gasteiger partial charge on any atom is 0.314 e. The van der Waals surface area contributed by atoms with E-state index < -0.39 is 5.97 Å². The average Bonchev–Trinajstić information content (AvgIpc) is 2.97. The van der Waals surface area contributed by atoms with E-state index in [-0.39, 0.29) is 17.0 Å². The summed E-state index contributed by atoms with van der Waals surface area (Å²) in [6.45, 7) is 0.524. The summed E-state index contributed by atoms with van der Waals surface area (Å²) in [5.74, 6) is 0.835. The van der Waals surface area contributed by atoms with Gasteiger partial charge in [0.05, 0.1) is 5.37 Å². The monoisotopic (exact) mass is 389 g/mol. The Hall–Kier alpha value is -2.12. The van der Waals surface area contributed by atoms with E-state index in [4.69, 9.17) is 9.84 Å². The Kier molecular flexibility index (Phi) is 6.46. The highest BCUT2D eigenvalue weighted by molar-refractivity contribution is 8.77. The van der Waals surface area contributed by atoms with Crippen LogP contribution in [-0.2, 0) is 16.1 Å². The van der Waals surface area contributed by atoms with Crippen LogP contribution in [0.4, 0.5) is 0 Å². The number of nitrogens with zero attached hydrogens (tertiary/aromatic N) is 1. The molecule has 136 valence electrons. The van der Waals surface area contributed by atoms with Gasteiger partial charge in [-0.1, -0.05) is 51.9 Å². The fraction of sp³-hybridized carbons (Fsp3) is 0.263. The predicted molar refractivity (Wildman–Crippen MR) is 104 cm³/mol. The minimum absolute atomic E-state index is 0.0205. The smallest absolute Gasteiger partial charge is 0.314 e. The Balaban J connectivity index is 1.58. The van der Waals surface area contributed by atoms with Crippen LogP contribution in [0.3, 0.4) is 0 Å². The predicted octanol–water partition coefficient (Wildman–Crippen LogP) is 4.39. The first-order chi connectivity index (χ1) is 12.6. The molecule has 0 aliphatic carbocycles. The van der Waals surface area contributed by atoms with Crippen molar-refractivity contribution >= 4 is 33.5 Å². The van der Waals surface area contributed by atoms with Crippen molar-refractivity contribution in [3.63, 3.8) is 0 Å². The summed E-state index contributed by atoms with van der Waals surface area (Å²) in [6, 6.07) is 17.3. The Morgan fingerprint density at radius 3 is 2.50 bits per heavy atom. The average molecular weight is 389 g/mol. The molecule has 1 unspecified atom stereocenters. The van der Waals surface area contributed by atoms with Gasteiger partial charge in [-0.3, -0.25) is 9.59 Å². The maximum absolute atomic E-state index is 12.2. The van der Waals surface area contributed by atoms with Crippen LogP contribution in [0, 0.1) is 0 Å². The summed E-state index contributed by atoms with van der Waals surface area (Å²) in [6.07, 6.45) is 1.27. The van der Waals surface area contributed by atoms with Gasteiger partial charge in [-0.2, -0.15) is 0 Å². The van der Waals surface area contributed by atoms with Crippen molar-refractivity contribution in [2.24, 2.45) is 0 Å². The zero-order valence-corrected chi connectivity index (χ0v) is 15.7. The van der Waals surface area contributed by atoms with Crippen molar-refractivity contribution in [3.8, 4) is 11.5 Å². The van der Waals surface area contributed by atoms with Crippen LogP contribution in [0.25, 0.3) is 0 Å². The molecule has 7 heteroatoms. The van der Waals surface area contributed by atoms with Gasteiger partial charge in [0, 0.05) is 13.0 Å². The number of carbonyl (C=O) groups excluding carboxylic acids is 1. The SMILES string of the molecule is O=C(O)CSSC1CCC(=O)N1Cc1ccc(Oc2ccccc2)cc1. The maximum atomic E-state index is 12.2.